The molecule has 2 aliphatic carbocycles. The number of hydrogen-bond acceptors (Lipinski definition) is 2. The minimum Gasteiger partial charge on any atom is -0.478 e. The third-order valence-corrected chi connectivity index (χ3v) is 6.88. The van der Waals surface area contributed by atoms with Gasteiger partial charge in [-0.2, -0.15) is 0 Å². The van der Waals surface area contributed by atoms with Gasteiger partial charge in [0.05, 0.1) is 5.56 Å². The third kappa shape index (κ3) is 4.83. The van der Waals surface area contributed by atoms with Crippen molar-refractivity contribution in [2.45, 2.75) is 83.0 Å². The lowest BCUT2D eigenvalue weighted by Gasteiger charge is -2.27. The fourth-order valence-electron chi connectivity index (χ4n) is 5.18. The normalized spacial score (nSPS) is 18.5. The van der Waals surface area contributed by atoms with E-state index < -0.39 is 5.97 Å². The maximum atomic E-state index is 11.2. The number of hydrogen-bond donors (Lipinski definition) is 2. The van der Waals surface area contributed by atoms with Crippen molar-refractivity contribution in [3.05, 3.63) is 58.7 Å². The number of aryl methyl sites for hydroxylation is 1. The Balaban J connectivity index is 1.65. The van der Waals surface area contributed by atoms with Crippen molar-refractivity contribution in [3.63, 3.8) is 0 Å². The number of carbonyl (C=O) groups is 1. The molecule has 2 aromatic carbocycles. The molecule has 0 radical (unpaired) electrons. The van der Waals surface area contributed by atoms with E-state index in [0.717, 1.165) is 16.9 Å². The molecule has 3 heteroatoms. The summed E-state index contributed by atoms with van der Waals surface area (Å²) >= 11 is 0. The van der Waals surface area contributed by atoms with Gasteiger partial charge in [-0.05, 0) is 91.5 Å². The van der Waals surface area contributed by atoms with Crippen LogP contribution in [0.4, 0.5) is 11.4 Å². The topological polar surface area (TPSA) is 49.3 Å². The van der Waals surface area contributed by atoms with Crippen LogP contribution in [-0.4, -0.2) is 11.1 Å². The Kier molecular flexibility index (Phi) is 6.22. The average Bonchev–Trinajstić information content (AvgIpc) is 2.76. The molecule has 0 saturated heterocycles. The number of anilines is 2. The van der Waals surface area contributed by atoms with Gasteiger partial charge >= 0.3 is 5.97 Å². The van der Waals surface area contributed by atoms with Gasteiger partial charge < -0.3 is 10.4 Å². The highest BCUT2D eigenvalue weighted by Crippen LogP contribution is 2.39. The second kappa shape index (κ2) is 9.02. The smallest absolute Gasteiger partial charge is 0.335 e. The number of nitrogens with one attached hydrogen (secondary N) is 1. The van der Waals surface area contributed by atoms with Crippen molar-refractivity contribution in [1.29, 1.82) is 0 Å². The molecule has 0 aromatic heterocycles. The molecule has 154 valence electrons. The molecule has 2 aromatic rings. The predicted octanol–water partition coefficient (Wildman–Crippen LogP) is 7.53. The second-order valence-electron chi connectivity index (χ2n) is 9.02. The van der Waals surface area contributed by atoms with E-state index >= 15 is 0 Å². The Morgan fingerprint density at radius 1 is 0.828 bits per heavy atom. The van der Waals surface area contributed by atoms with Crippen LogP contribution in [0.2, 0.25) is 0 Å². The summed E-state index contributed by atoms with van der Waals surface area (Å²) in [6, 6.07) is 12.5. The lowest BCUT2D eigenvalue weighted by molar-refractivity contribution is 0.0697. The summed E-state index contributed by atoms with van der Waals surface area (Å²) in [4.78, 5) is 11.2. The summed E-state index contributed by atoms with van der Waals surface area (Å²) in [5.74, 6) is 0.491. The van der Waals surface area contributed by atoms with Gasteiger partial charge in [0.2, 0.25) is 0 Å². The summed E-state index contributed by atoms with van der Waals surface area (Å²) in [6.45, 7) is 1.97. The molecular formula is C26H33NO2. The molecule has 0 aliphatic heterocycles. The van der Waals surface area contributed by atoms with Crippen LogP contribution in [0.5, 0.6) is 0 Å². The van der Waals surface area contributed by atoms with E-state index in [-0.39, 0.29) is 0 Å². The molecule has 0 spiro atoms. The molecule has 2 saturated carbocycles. The van der Waals surface area contributed by atoms with Gasteiger partial charge in [0.15, 0.2) is 0 Å². The van der Waals surface area contributed by atoms with E-state index in [4.69, 9.17) is 0 Å². The highest BCUT2D eigenvalue weighted by molar-refractivity contribution is 5.88. The Morgan fingerprint density at radius 2 is 1.38 bits per heavy atom. The van der Waals surface area contributed by atoms with Crippen LogP contribution in [-0.2, 0) is 0 Å². The number of carboxylic acids is 1. The van der Waals surface area contributed by atoms with E-state index in [1.807, 2.05) is 13.0 Å². The molecule has 2 fully saturated rings. The zero-order valence-corrected chi connectivity index (χ0v) is 17.5. The molecule has 29 heavy (non-hydrogen) atoms. The molecule has 0 heterocycles. The average molecular weight is 392 g/mol. The highest BCUT2D eigenvalue weighted by atomic mass is 16.4. The van der Waals surface area contributed by atoms with Gasteiger partial charge in [0.1, 0.15) is 0 Å². The lowest BCUT2D eigenvalue weighted by atomic mass is 9.79. The van der Waals surface area contributed by atoms with Crippen LogP contribution >= 0.6 is 0 Å². The predicted molar refractivity (Wildman–Crippen MR) is 120 cm³/mol. The highest BCUT2D eigenvalue weighted by Gasteiger charge is 2.21. The molecule has 2 aliphatic rings. The first-order valence-corrected chi connectivity index (χ1v) is 11.4. The lowest BCUT2D eigenvalue weighted by Crippen LogP contribution is -2.09. The maximum absolute atomic E-state index is 11.2. The van der Waals surface area contributed by atoms with E-state index in [9.17, 15) is 9.90 Å². The fraction of sp³-hybridized carbons (Fsp3) is 0.500. The molecule has 0 amide bonds. The Hall–Kier alpha value is -2.29. The summed E-state index contributed by atoms with van der Waals surface area (Å²) in [6.07, 6.45) is 13.3. The van der Waals surface area contributed by atoms with Gasteiger partial charge in [0, 0.05) is 11.4 Å². The quantitative estimate of drug-likeness (QED) is 0.553. The number of carboxylic acid groups (broad SMARTS) is 1. The maximum Gasteiger partial charge on any atom is 0.335 e. The van der Waals surface area contributed by atoms with Crippen molar-refractivity contribution in [2.75, 3.05) is 5.32 Å². The van der Waals surface area contributed by atoms with Crippen LogP contribution in [0.3, 0.4) is 0 Å². The van der Waals surface area contributed by atoms with Crippen LogP contribution in [0.25, 0.3) is 0 Å². The van der Waals surface area contributed by atoms with Gasteiger partial charge in [-0.3, -0.25) is 0 Å². The van der Waals surface area contributed by atoms with Crippen molar-refractivity contribution in [1.82, 2.24) is 0 Å². The summed E-state index contributed by atoms with van der Waals surface area (Å²) in [5, 5.41) is 12.8. The molecule has 3 nitrogen and oxygen atoms in total. The van der Waals surface area contributed by atoms with Crippen LogP contribution in [0, 0.1) is 6.92 Å². The second-order valence-corrected chi connectivity index (χ2v) is 9.02. The van der Waals surface area contributed by atoms with Crippen LogP contribution in [0.1, 0.15) is 103 Å². The molecule has 0 unspecified atom stereocenters. The summed E-state index contributed by atoms with van der Waals surface area (Å²) in [5.41, 5.74) is 6.44. The Morgan fingerprint density at radius 3 is 1.86 bits per heavy atom. The Labute approximate surface area is 174 Å². The minimum absolute atomic E-state index is 0.340. The molecular weight excluding hydrogens is 358 g/mol. The van der Waals surface area contributed by atoms with Crippen LogP contribution in [0.15, 0.2) is 36.4 Å². The van der Waals surface area contributed by atoms with E-state index in [0.29, 0.717) is 17.4 Å². The molecule has 0 bridgehead atoms. The van der Waals surface area contributed by atoms with Crippen molar-refractivity contribution >= 4 is 17.3 Å². The summed E-state index contributed by atoms with van der Waals surface area (Å²) in [7, 11) is 0. The zero-order valence-electron chi connectivity index (χ0n) is 17.5. The number of aromatic carboxylic acids is 1. The van der Waals surface area contributed by atoms with Crippen molar-refractivity contribution in [2.24, 2.45) is 0 Å². The van der Waals surface area contributed by atoms with E-state index in [2.05, 4.69) is 23.5 Å². The largest absolute Gasteiger partial charge is 0.478 e. The standard InChI is InChI=1S/C26H33NO2/c1-18-14-21(26(28)29)12-13-25(18)27-24-16-22(19-8-4-2-5-9-19)15-23(17-24)20-10-6-3-7-11-20/h12-17,19-20,27H,2-11H2,1H3,(H,28,29). The monoisotopic (exact) mass is 391 g/mol. The van der Waals surface area contributed by atoms with Gasteiger partial charge in [-0.1, -0.05) is 44.6 Å². The van der Waals surface area contributed by atoms with Crippen molar-refractivity contribution in [3.8, 4) is 0 Å². The van der Waals surface area contributed by atoms with Gasteiger partial charge in [-0.15, -0.1) is 0 Å². The van der Waals surface area contributed by atoms with Gasteiger partial charge in [0.25, 0.3) is 0 Å². The van der Waals surface area contributed by atoms with Gasteiger partial charge in [-0.25, -0.2) is 4.79 Å². The minimum atomic E-state index is -0.876. The first-order valence-electron chi connectivity index (χ1n) is 11.4. The van der Waals surface area contributed by atoms with Crippen LogP contribution < -0.4 is 5.32 Å². The number of benzene rings is 2. The number of rotatable bonds is 5. The molecule has 4 rings (SSSR count). The van der Waals surface area contributed by atoms with E-state index in [1.165, 1.54) is 75.3 Å². The fourth-order valence-corrected chi connectivity index (χ4v) is 5.18. The molecule has 0 atom stereocenters. The third-order valence-electron chi connectivity index (χ3n) is 6.88. The van der Waals surface area contributed by atoms with E-state index in [1.54, 1.807) is 12.1 Å². The summed E-state index contributed by atoms with van der Waals surface area (Å²) < 4.78 is 0. The zero-order chi connectivity index (χ0) is 20.2. The first-order chi connectivity index (χ1) is 14.1. The molecule has 2 N–H and O–H groups in total. The SMILES string of the molecule is Cc1cc(C(=O)O)ccc1Nc1cc(C2CCCCC2)cc(C2CCCCC2)c1. The first kappa shape index (κ1) is 20.0. The Bertz CT molecular complexity index is 825. The van der Waals surface area contributed by atoms with Crippen molar-refractivity contribution < 1.29 is 9.90 Å².